The molecule has 1 saturated heterocycles. The predicted molar refractivity (Wildman–Crippen MR) is 112 cm³/mol. The highest BCUT2D eigenvalue weighted by atomic mass is 32.2. The van der Waals surface area contributed by atoms with Crippen LogP contribution in [0.3, 0.4) is 0 Å². The summed E-state index contributed by atoms with van der Waals surface area (Å²) in [5, 5.41) is 2.70. The van der Waals surface area contributed by atoms with Gasteiger partial charge < -0.3 is 15.0 Å². The van der Waals surface area contributed by atoms with E-state index in [1.54, 1.807) is 30.1 Å². The fourth-order valence-corrected chi connectivity index (χ4v) is 5.91. The van der Waals surface area contributed by atoms with Gasteiger partial charge in [0.2, 0.25) is 0 Å². The van der Waals surface area contributed by atoms with Crippen molar-refractivity contribution in [1.82, 2.24) is 13.5 Å². The van der Waals surface area contributed by atoms with Crippen LogP contribution < -0.4 is 10.1 Å². The molecule has 0 radical (unpaired) electrons. The van der Waals surface area contributed by atoms with Crippen molar-refractivity contribution >= 4 is 27.7 Å². The molecular weight excluding hydrogens is 408 g/mol. The summed E-state index contributed by atoms with van der Waals surface area (Å²) in [6.45, 7) is 1.17. The molecule has 1 N–H and O–H groups in total. The first-order valence-electron chi connectivity index (χ1n) is 10.5. The van der Waals surface area contributed by atoms with Gasteiger partial charge in [-0.15, -0.1) is 0 Å². The third-order valence-corrected chi connectivity index (χ3v) is 8.21. The molecule has 1 aromatic rings. The molecule has 1 aliphatic carbocycles. The van der Waals surface area contributed by atoms with Crippen LogP contribution in [0, 0.1) is 0 Å². The smallest absolute Gasteiger partial charge is 0.282 e. The molecule has 30 heavy (non-hydrogen) atoms. The molecule has 1 saturated carbocycles. The van der Waals surface area contributed by atoms with E-state index >= 15 is 0 Å². The van der Waals surface area contributed by atoms with Gasteiger partial charge in [0.15, 0.2) is 6.61 Å². The summed E-state index contributed by atoms with van der Waals surface area (Å²) >= 11 is 0. The fourth-order valence-electron chi connectivity index (χ4n) is 4.34. The van der Waals surface area contributed by atoms with Crippen molar-refractivity contribution in [2.75, 3.05) is 45.2 Å². The standard InChI is InChI=1S/C20H28N4O5S/c1-22(16-5-3-2-4-6-16)30(27,28)24-11-9-23(10-12-24)20(26)15-7-8-18-17(13-15)21-19(25)14-29-18/h7-8,13,16H,2-6,9-12,14H2,1H3,(H,21,25). The van der Waals surface area contributed by atoms with E-state index in [1.807, 2.05) is 0 Å². The lowest BCUT2D eigenvalue weighted by Crippen LogP contribution is -2.55. The highest BCUT2D eigenvalue weighted by Crippen LogP contribution is 2.29. The average Bonchev–Trinajstić information content (AvgIpc) is 2.78. The Labute approximate surface area is 177 Å². The van der Waals surface area contributed by atoms with Gasteiger partial charge in [-0.3, -0.25) is 9.59 Å². The van der Waals surface area contributed by atoms with E-state index in [1.165, 1.54) is 15.0 Å². The zero-order valence-electron chi connectivity index (χ0n) is 17.2. The van der Waals surface area contributed by atoms with E-state index in [0.717, 1.165) is 25.7 Å². The maximum Gasteiger partial charge on any atom is 0.282 e. The van der Waals surface area contributed by atoms with Gasteiger partial charge in [-0.2, -0.15) is 17.0 Å². The molecule has 0 unspecified atom stereocenters. The van der Waals surface area contributed by atoms with E-state index in [9.17, 15) is 18.0 Å². The SMILES string of the molecule is CN(C1CCCCC1)S(=O)(=O)N1CCN(C(=O)c2ccc3c(c2)NC(=O)CO3)CC1. The number of nitrogens with one attached hydrogen (secondary N) is 1. The van der Waals surface area contributed by atoms with Crippen LogP contribution in [0.25, 0.3) is 0 Å². The molecule has 9 nitrogen and oxygen atoms in total. The zero-order valence-corrected chi connectivity index (χ0v) is 18.0. The van der Waals surface area contributed by atoms with Gasteiger partial charge in [-0.1, -0.05) is 19.3 Å². The van der Waals surface area contributed by atoms with Crippen LogP contribution in [0.4, 0.5) is 5.69 Å². The number of carbonyl (C=O) groups excluding carboxylic acids is 2. The minimum absolute atomic E-state index is 0.0357. The Kier molecular flexibility index (Phi) is 5.99. The number of fused-ring (bicyclic) bond motifs is 1. The Balaban J connectivity index is 1.39. The third kappa shape index (κ3) is 4.17. The number of anilines is 1. The minimum atomic E-state index is -3.53. The van der Waals surface area contributed by atoms with Crippen LogP contribution in [0.5, 0.6) is 5.75 Å². The number of piperazine rings is 1. The van der Waals surface area contributed by atoms with Crippen molar-refractivity contribution in [1.29, 1.82) is 0 Å². The molecule has 4 rings (SSSR count). The maximum absolute atomic E-state index is 13.0. The Hall–Kier alpha value is -2.17. The van der Waals surface area contributed by atoms with Crippen LogP contribution in [0.1, 0.15) is 42.5 Å². The molecule has 0 aromatic heterocycles. The van der Waals surface area contributed by atoms with Crippen molar-refractivity contribution in [2.45, 2.75) is 38.1 Å². The predicted octanol–water partition coefficient (Wildman–Crippen LogP) is 1.28. The summed E-state index contributed by atoms with van der Waals surface area (Å²) in [7, 11) is -1.86. The Morgan fingerprint density at radius 1 is 1.13 bits per heavy atom. The minimum Gasteiger partial charge on any atom is -0.482 e. The number of ether oxygens (including phenoxy) is 1. The van der Waals surface area contributed by atoms with E-state index < -0.39 is 10.2 Å². The van der Waals surface area contributed by atoms with Gasteiger partial charge in [0.1, 0.15) is 5.75 Å². The van der Waals surface area contributed by atoms with Crippen LogP contribution in [-0.4, -0.2) is 79.6 Å². The summed E-state index contributed by atoms with van der Waals surface area (Å²) in [6, 6.07) is 5.01. The summed E-state index contributed by atoms with van der Waals surface area (Å²) in [4.78, 5) is 26.1. The first-order valence-corrected chi connectivity index (χ1v) is 11.8. The Bertz CT molecular complexity index is 921. The van der Waals surface area contributed by atoms with Crippen LogP contribution in [0.15, 0.2) is 18.2 Å². The van der Waals surface area contributed by atoms with Crippen LogP contribution in [0.2, 0.25) is 0 Å². The lowest BCUT2D eigenvalue weighted by atomic mass is 9.96. The monoisotopic (exact) mass is 436 g/mol. The number of nitrogens with zero attached hydrogens (tertiary/aromatic N) is 3. The van der Waals surface area contributed by atoms with Crippen LogP contribution in [-0.2, 0) is 15.0 Å². The lowest BCUT2D eigenvalue weighted by molar-refractivity contribution is -0.118. The molecule has 1 aromatic carbocycles. The molecule has 2 aliphatic heterocycles. The van der Waals surface area contributed by atoms with Crippen LogP contribution >= 0.6 is 0 Å². The summed E-state index contributed by atoms with van der Waals surface area (Å²) in [6.07, 6.45) is 5.13. The number of amides is 2. The molecule has 3 aliphatic rings. The average molecular weight is 437 g/mol. The Morgan fingerprint density at radius 3 is 2.53 bits per heavy atom. The van der Waals surface area contributed by atoms with Gasteiger partial charge in [0, 0.05) is 44.8 Å². The van der Waals surface area contributed by atoms with E-state index in [2.05, 4.69) is 5.32 Å². The quantitative estimate of drug-likeness (QED) is 0.767. The zero-order chi connectivity index (χ0) is 21.3. The van der Waals surface area contributed by atoms with Gasteiger partial charge in [0.25, 0.3) is 22.0 Å². The number of hydrogen-bond acceptors (Lipinski definition) is 5. The molecular formula is C20H28N4O5S. The molecule has 0 spiro atoms. The largest absolute Gasteiger partial charge is 0.482 e. The number of hydrogen-bond donors (Lipinski definition) is 1. The molecule has 164 valence electrons. The van der Waals surface area contributed by atoms with Gasteiger partial charge >= 0.3 is 0 Å². The molecule has 2 amide bonds. The first kappa shape index (κ1) is 21.1. The molecule has 2 fully saturated rings. The maximum atomic E-state index is 13.0. The van der Waals surface area contributed by atoms with Crippen molar-refractivity contribution in [3.63, 3.8) is 0 Å². The van der Waals surface area contributed by atoms with E-state index in [-0.39, 0.29) is 37.6 Å². The topological polar surface area (TPSA) is 99.3 Å². The lowest BCUT2D eigenvalue weighted by Gasteiger charge is -2.38. The van der Waals surface area contributed by atoms with Crippen molar-refractivity contribution < 1.29 is 22.7 Å². The van der Waals surface area contributed by atoms with Crippen molar-refractivity contribution in [3.8, 4) is 5.75 Å². The first-order chi connectivity index (χ1) is 14.4. The summed E-state index contributed by atoms with van der Waals surface area (Å²) in [5.41, 5.74) is 0.919. The number of rotatable bonds is 4. The second-order valence-corrected chi connectivity index (χ2v) is 10.0. The fraction of sp³-hybridized carbons (Fsp3) is 0.600. The summed E-state index contributed by atoms with van der Waals surface area (Å²) in [5.74, 6) is 0.0936. The van der Waals surface area contributed by atoms with Gasteiger partial charge in [0.05, 0.1) is 5.69 Å². The molecule has 0 bridgehead atoms. The van der Waals surface area contributed by atoms with E-state index in [0.29, 0.717) is 30.1 Å². The molecule has 2 heterocycles. The second-order valence-electron chi connectivity index (χ2n) is 8.05. The number of carbonyl (C=O) groups is 2. The van der Waals surface area contributed by atoms with Crippen molar-refractivity contribution in [3.05, 3.63) is 23.8 Å². The molecule has 10 heteroatoms. The van der Waals surface area contributed by atoms with Gasteiger partial charge in [-0.05, 0) is 31.0 Å². The van der Waals surface area contributed by atoms with Gasteiger partial charge in [-0.25, -0.2) is 0 Å². The Morgan fingerprint density at radius 2 is 1.83 bits per heavy atom. The normalized spacial score (nSPS) is 21.1. The second kappa shape index (κ2) is 8.52. The van der Waals surface area contributed by atoms with Crippen molar-refractivity contribution in [2.24, 2.45) is 0 Å². The summed E-state index contributed by atoms with van der Waals surface area (Å²) < 4.78 is 34.4. The third-order valence-electron chi connectivity index (χ3n) is 6.16. The highest BCUT2D eigenvalue weighted by molar-refractivity contribution is 7.86. The van der Waals surface area contributed by atoms with E-state index in [4.69, 9.17) is 4.74 Å². The number of benzene rings is 1. The molecule has 0 atom stereocenters. The highest BCUT2D eigenvalue weighted by Gasteiger charge is 2.35.